The maximum atomic E-state index is 3.58. The van der Waals surface area contributed by atoms with Crippen molar-refractivity contribution < 1.29 is 0 Å². The Morgan fingerprint density at radius 2 is 2.00 bits per heavy atom. The molecule has 80 valence electrons. The van der Waals surface area contributed by atoms with Crippen molar-refractivity contribution >= 4 is 0 Å². The van der Waals surface area contributed by atoms with Gasteiger partial charge in [-0.15, -0.1) is 0 Å². The number of nitrogens with one attached hydrogen (secondary N) is 1. The van der Waals surface area contributed by atoms with Gasteiger partial charge in [-0.2, -0.15) is 0 Å². The number of hydrogen-bond acceptors (Lipinski definition) is 2. The van der Waals surface area contributed by atoms with Gasteiger partial charge >= 0.3 is 0 Å². The molecule has 2 nitrogen and oxygen atoms in total. The average Bonchev–Trinajstić information content (AvgIpc) is 2.68. The van der Waals surface area contributed by atoms with Crippen LogP contribution in [0.4, 0.5) is 0 Å². The van der Waals surface area contributed by atoms with Crippen LogP contribution >= 0.6 is 0 Å². The first-order valence-corrected chi connectivity index (χ1v) is 6.34. The molecule has 3 unspecified atom stereocenters. The molecule has 14 heavy (non-hydrogen) atoms. The van der Waals surface area contributed by atoms with E-state index in [2.05, 4.69) is 17.1 Å². The first-order valence-electron chi connectivity index (χ1n) is 6.34. The molecule has 0 aromatic carbocycles. The van der Waals surface area contributed by atoms with Crippen LogP contribution in [0.5, 0.6) is 0 Å². The van der Waals surface area contributed by atoms with Gasteiger partial charge in [-0.3, -0.25) is 4.90 Å². The summed E-state index contributed by atoms with van der Waals surface area (Å²) in [5, 5.41) is 3.58. The van der Waals surface area contributed by atoms with Gasteiger partial charge in [0.25, 0.3) is 0 Å². The molecule has 3 fully saturated rings. The van der Waals surface area contributed by atoms with E-state index >= 15 is 0 Å². The minimum absolute atomic E-state index is 0.789. The Morgan fingerprint density at radius 3 is 2.71 bits per heavy atom. The predicted octanol–water partition coefficient (Wildman–Crippen LogP) is 1.47. The van der Waals surface area contributed by atoms with Crippen LogP contribution in [-0.4, -0.2) is 36.6 Å². The van der Waals surface area contributed by atoms with Crippen molar-refractivity contribution in [1.82, 2.24) is 10.2 Å². The van der Waals surface area contributed by atoms with Crippen LogP contribution in [-0.2, 0) is 0 Å². The summed E-state index contributed by atoms with van der Waals surface area (Å²) < 4.78 is 0. The largest absolute Gasteiger partial charge is 0.313 e. The van der Waals surface area contributed by atoms with Gasteiger partial charge in [0, 0.05) is 25.2 Å². The minimum Gasteiger partial charge on any atom is -0.313 e. The van der Waals surface area contributed by atoms with E-state index in [-0.39, 0.29) is 0 Å². The third-order valence-corrected chi connectivity index (χ3v) is 4.45. The van der Waals surface area contributed by atoms with Crippen molar-refractivity contribution in [3.8, 4) is 0 Å². The molecule has 0 bridgehead atoms. The van der Waals surface area contributed by atoms with E-state index in [0.717, 1.165) is 30.5 Å². The Balaban J connectivity index is 1.50. The molecule has 0 aromatic heterocycles. The van der Waals surface area contributed by atoms with Crippen molar-refractivity contribution in [2.75, 3.05) is 19.6 Å². The van der Waals surface area contributed by atoms with Crippen molar-refractivity contribution in [2.45, 2.75) is 44.7 Å². The Labute approximate surface area is 87.0 Å². The molecule has 3 rings (SSSR count). The predicted molar refractivity (Wildman–Crippen MR) is 58.3 cm³/mol. The maximum Gasteiger partial charge on any atom is 0.0207 e. The number of fused-ring (bicyclic) bond motifs is 1. The average molecular weight is 194 g/mol. The van der Waals surface area contributed by atoms with Gasteiger partial charge in [0.1, 0.15) is 0 Å². The van der Waals surface area contributed by atoms with Crippen molar-refractivity contribution in [3.63, 3.8) is 0 Å². The lowest BCUT2D eigenvalue weighted by atomic mass is 10.1. The van der Waals surface area contributed by atoms with Gasteiger partial charge < -0.3 is 5.32 Å². The lowest BCUT2D eigenvalue weighted by Crippen LogP contribution is -2.36. The van der Waals surface area contributed by atoms with E-state index in [4.69, 9.17) is 0 Å². The molecule has 1 saturated heterocycles. The summed E-state index contributed by atoms with van der Waals surface area (Å²) in [7, 11) is 0. The van der Waals surface area contributed by atoms with Gasteiger partial charge in [-0.25, -0.2) is 0 Å². The van der Waals surface area contributed by atoms with E-state index in [0.29, 0.717) is 0 Å². The van der Waals surface area contributed by atoms with E-state index < -0.39 is 0 Å². The van der Waals surface area contributed by atoms with Crippen LogP contribution in [0.25, 0.3) is 0 Å². The van der Waals surface area contributed by atoms with E-state index in [1.54, 1.807) is 6.42 Å². The van der Waals surface area contributed by atoms with Crippen LogP contribution in [0.2, 0.25) is 0 Å². The Morgan fingerprint density at radius 1 is 1.21 bits per heavy atom. The van der Waals surface area contributed by atoms with Crippen LogP contribution in [0, 0.1) is 11.8 Å². The van der Waals surface area contributed by atoms with Crippen LogP contribution < -0.4 is 5.32 Å². The van der Waals surface area contributed by atoms with E-state index in [9.17, 15) is 0 Å². The Bertz CT molecular complexity index is 206. The second-order valence-electron chi connectivity index (χ2n) is 5.42. The molecule has 1 N–H and O–H groups in total. The highest BCUT2D eigenvalue weighted by atomic mass is 15.2. The molecule has 2 aliphatic carbocycles. The molecule has 0 amide bonds. The summed E-state index contributed by atoms with van der Waals surface area (Å²) in [4.78, 5) is 2.75. The molecule has 3 atom stereocenters. The maximum absolute atomic E-state index is 3.58. The van der Waals surface area contributed by atoms with Crippen molar-refractivity contribution in [2.24, 2.45) is 11.8 Å². The summed E-state index contributed by atoms with van der Waals surface area (Å²) in [5.41, 5.74) is 0. The molecule has 2 saturated carbocycles. The number of rotatable bonds is 3. The summed E-state index contributed by atoms with van der Waals surface area (Å²) in [5.74, 6) is 2.27. The fraction of sp³-hybridized carbons (Fsp3) is 1.00. The number of nitrogens with zero attached hydrogens (tertiary/aromatic N) is 1. The molecule has 0 spiro atoms. The second-order valence-corrected chi connectivity index (χ2v) is 5.42. The van der Waals surface area contributed by atoms with Crippen molar-refractivity contribution in [3.05, 3.63) is 0 Å². The van der Waals surface area contributed by atoms with E-state index in [1.165, 1.54) is 32.4 Å². The number of hydrogen-bond donors (Lipinski definition) is 1. The smallest absolute Gasteiger partial charge is 0.0207 e. The highest BCUT2D eigenvalue weighted by molar-refractivity contribution is 5.01. The zero-order valence-electron chi connectivity index (χ0n) is 9.21. The summed E-state index contributed by atoms with van der Waals surface area (Å²) in [6, 6.07) is 1.75. The summed E-state index contributed by atoms with van der Waals surface area (Å²) >= 11 is 0. The summed E-state index contributed by atoms with van der Waals surface area (Å²) in [6.45, 7) is 6.02. The Hall–Kier alpha value is -0.0800. The standard InChI is InChI=1S/C12H22N2/c1-2-13-11-3-4-14(8-11)12-6-9-5-10(9)7-12/h9-13H,2-8H2,1H3. The molecule has 0 aromatic rings. The highest BCUT2D eigenvalue weighted by Gasteiger charge is 2.48. The third kappa shape index (κ3) is 1.59. The molecule has 3 aliphatic rings. The quantitative estimate of drug-likeness (QED) is 0.732. The van der Waals surface area contributed by atoms with Crippen molar-refractivity contribution in [1.29, 1.82) is 0 Å². The first-order chi connectivity index (χ1) is 6.86. The van der Waals surface area contributed by atoms with E-state index in [1.807, 2.05) is 0 Å². The lowest BCUT2D eigenvalue weighted by Gasteiger charge is -2.25. The molecular weight excluding hydrogens is 172 g/mol. The molecule has 1 aliphatic heterocycles. The first kappa shape index (κ1) is 9.17. The number of likely N-dealkylation sites (N-methyl/N-ethyl adjacent to an activating group) is 1. The summed E-state index contributed by atoms with van der Waals surface area (Å²) in [6.07, 6.45) is 5.97. The SMILES string of the molecule is CCNC1CCN(C2CC3CC3C2)C1. The van der Waals surface area contributed by atoms with Gasteiger partial charge in [0.15, 0.2) is 0 Å². The molecular formula is C12H22N2. The monoisotopic (exact) mass is 194 g/mol. The molecule has 1 heterocycles. The van der Waals surface area contributed by atoms with Crippen LogP contribution in [0.1, 0.15) is 32.6 Å². The fourth-order valence-corrected chi connectivity index (χ4v) is 3.56. The van der Waals surface area contributed by atoms with Gasteiger partial charge in [-0.05, 0) is 44.1 Å². The lowest BCUT2D eigenvalue weighted by molar-refractivity contribution is 0.226. The second kappa shape index (κ2) is 3.49. The Kier molecular flexibility index (Phi) is 2.29. The minimum atomic E-state index is 0.789. The zero-order valence-corrected chi connectivity index (χ0v) is 9.21. The van der Waals surface area contributed by atoms with Gasteiger partial charge in [0.2, 0.25) is 0 Å². The fourth-order valence-electron chi connectivity index (χ4n) is 3.56. The highest BCUT2D eigenvalue weighted by Crippen LogP contribution is 2.53. The molecule has 2 heteroatoms. The van der Waals surface area contributed by atoms with Crippen LogP contribution in [0.3, 0.4) is 0 Å². The zero-order chi connectivity index (χ0) is 9.54. The van der Waals surface area contributed by atoms with Gasteiger partial charge in [-0.1, -0.05) is 6.92 Å². The normalized spacial score (nSPS) is 46.9. The van der Waals surface area contributed by atoms with Gasteiger partial charge in [0.05, 0.1) is 0 Å². The van der Waals surface area contributed by atoms with Crippen LogP contribution in [0.15, 0.2) is 0 Å². The third-order valence-electron chi connectivity index (χ3n) is 4.45. The topological polar surface area (TPSA) is 15.3 Å². The number of likely N-dealkylation sites (tertiary alicyclic amines) is 1. The molecule has 0 radical (unpaired) electrons.